The van der Waals surface area contributed by atoms with Gasteiger partial charge in [0.15, 0.2) is 47.6 Å². The van der Waals surface area contributed by atoms with E-state index >= 15 is 0 Å². The van der Waals surface area contributed by atoms with Crippen molar-refractivity contribution in [2.45, 2.75) is 125 Å². The van der Waals surface area contributed by atoms with Crippen molar-refractivity contribution in [1.82, 2.24) is 65.6 Å². The van der Waals surface area contributed by atoms with Crippen molar-refractivity contribution >= 4 is 75.8 Å². The Hall–Kier alpha value is -9.25. The van der Waals surface area contributed by atoms with Gasteiger partial charge in [-0.3, -0.25) is 33.6 Å². The molecule has 34 heteroatoms. The normalized spacial score (nSPS) is 22.8. The van der Waals surface area contributed by atoms with Crippen LogP contribution in [-0.2, 0) is 43.3 Å². The number of nitrogens with one attached hydrogen (secondary N) is 2. The molecular weight excluding hydrogens is 1240 g/mol. The van der Waals surface area contributed by atoms with Gasteiger partial charge in [-0.15, -0.1) is 0 Å². The summed E-state index contributed by atoms with van der Waals surface area (Å²) in [5.41, 5.74) is 19.5. The average Bonchev–Trinajstić information content (AvgIpc) is 1.64. The number of nitrogens with two attached hydrogens (primary N) is 3. The number of aliphatic hydroxyl groups excluding tert-OH is 4. The Balaban J connectivity index is 0.000000220. The first-order valence-corrected chi connectivity index (χ1v) is 28.6. The molecule has 4 saturated heterocycles. The summed E-state index contributed by atoms with van der Waals surface area (Å²) in [5, 5.41) is 65.6. The second-order valence-electron chi connectivity index (χ2n) is 22.0. The number of carboxylic acid groups (broad SMARTS) is 1. The smallest absolute Gasteiger partial charge is 0.415 e. The van der Waals surface area contributed by atoms with Gasteiger partial charge in [-0.05, 0) is 111 Å². The molecule has 33 nitrogen and oxygen atoms in total. The van der Waals surface area contributed by atoms with Crippen molar-refractivity contribution in [2.75, 3.05) is 43.4 Å². The third kappa shape index (κ3) is 16.4. The van der Waals surface area contributed by atoms with Crippen LogP contribution in [0.4, 0.5) is 32.6 Å². The Morgan fingerprint density at radius 3 is 1.36 bits per heavy atom. The standard InChI is InChI=1S/C28H30N8O8.C28H32N8O6.CH2O2.H3N.Zn/c29-24-20-25(35(14-30-20)27-22(38)21(37)23(44-27)26(39)31-16-4-5-16)33-19(32-24)3-1-2-15-10-12-34(13-11-15)28(40)43-18-8-6-17(7-9-18)36(41)42;29-16-4-8-18(9-5-16)41-28(40)35-12-10-15(11-13-35)2-1-3-19-33-24(30)20-25(34-19)36(14-31-20)27-22(38)21(37)23(42-27)26(39)32-17-6-7-17;2-1-3;;/h6-9,14-16,21-23,27,37-38H,2,4-5,10-13H2,(H,31,39)(H2,29,32,33);4-5,8-9,14-15,17,21-23,27,37-38H,2,6-7,10-13,29H2,(H,32,39)(H2,30,33,34);1H,(H,2,3);1H3;/t2*21?,22-,23-,27+;;;/m00.../s1. The van der Waals surface area contributed by atoms with Crippen molar-refractivity contribution < 1.29 is 92.9 Å². The summed E-state index contributed by atoms with van der Waals surface area (Å²) >= 11 is 0. The molecule has 0 spiro atoms. The largest absolute Gasteiger partial charge is 0.483 e. The number of nitrogen functional groups attached to an aromatic ring is 3. The first kappa shape index (κ1) is 67.7. The minimum atomic E-state index is -1.44. The Labute approximate surface area is 530 Å². The van der Waals surface area contributed by atoms with Crippen LogP contribution in [0.2, 0.25) is 0 Å². The van der Waals surface area contributed by atoms with Crippen LogP contribution >= 0.6 is 0 Å². The molecule has 0 bridgehead atoms. The average molecular weight is 1310 g/mol. The minimum Gasteiger partial charge on any atom is -0.483 e. The number of fused-ring (bicyclic) bond motifs is 2. The predicted octanol–water partition coefficient (Wildman–Crippen LogP) is 1.27. The molecule has 2 saturated carbocycles. The van der Waals surface area contributed by atoms with E-state index in [0.29, 0.717) is 63.3 Å². The molecule has 2 unspecified atom stereocenters. The Morgan fingerprint density at radius 2 is 1.00 bits per heavy atom. The second-order valence-corrected chi connectivity index (χ2v) is 22.0. The predicted molar refractivity (Wildman–Crippen MR) is 315 cm³/mol. The summed E-state index contributed by atoms with van der Waals surface area (Å²) in [7, 11) is 0. The number of carbonyl (C=O) groups is 5. The summed E-state index contributed by atoms with van der Waals surface area (Å²) in [6.07, 6.45) is -0.996. The van der Waals surface area contributed by atoms with Crippen molar-refractivity contribution in [3.63, 3.8) is 0 Å². The number of rotatable bonds is 11. The molecule has 16 N–H and O–H groups in total. The number of anilines is 3. The van der Waals surface area contributed by atoms with Crippen LogP contribution in [0.15, 0.2) is 61.2 Å². The third-order valence-corrected chi connectivity index (χ3v) is 15.6. The van der Waals surface area contributed by atoms with Gasteiger partial charge in [0, 0.05) is 88.4 Å². The van der Waals surface area contributed by atoms with E-state index in [-0.39, 0.29) is 113 Å². The number of hydrogen-bond donors (Lipinski definition) is 11. The van der Waals surface area contributed by atoms with Gasteiger partial charge in [0.05, 0.1) is 17.6 Å². The molecule has 4 amide bonds. The summed E-state index contributed by atoms with van der Waals surface area (Å²) in [4.78, 5) is 97.8. The van der Waals surface area contributed by atoms with Crippen LogP contribution in [0.5, 0.6) is 11.5 Å². The number of benzene rings is 2. The van der Waals surface area contributed by atoms with Crippen LogP contribution in [0.25, 0.3) is 22.3 Å². The molecule has 8 heterocycles. The Bertz CT molecular complexity index is 3720. The molecule has 4 aliphatic heterocycles. The van der Waals surface area contributed by atoms with Crippen LogP contribution < -0.4 is 43.5 Å². The summed E-state index contributed by atoms with van der Waals surface area (Å²) < 4.78 is 25.1. The number of nitro groups is 1. The molecule has 6 fully saturated rings. The minimum absolute atomic E-state index is 0. The number of aliphatic hydroxyl groups is 4. The molecular formula is C57H67N17O16Zn. The maximum absolute atomic E-state index is 12.5. The van der Waals surface area contributed by atoms with E-state index in [1.807, 2.05) is 0 Å². The quantitative estimate of drug-likeness (QED) is 0.0217. The summed E-state index contributed by atoms with van der Waals surface area (Å²) in [6.45, 7) is 1.82. The van der Waals surface area contributed by atoms with Gasteiger partial charge in [-0.2, -0.15) is 0 Å². The fourth-order valence-electron chi connectivity index (χ4n) is 10.3. The van der Waals surface area contributed by atoms with Crippen LogP contribution in [0.3, 0.4) is 0 Å². The summed E-state index contributed by atoms with van der Waals surface area (Å²) in [5.74, 6) is 12.8. The van der Waals surface area contributed by atoms with Crippen LogP contribution in [0.1, 0.15) is 88.3 Å². The third-order valence-electron chi connectivity index (χ3n) is 15.6. The molecule has 6 aliphatic rings. The number of carbonyl (C=O) groups excluding carboxylic acids is 4. The van der Waals surface area contributed by atoms with Gasteiger partial charge in [0.1, 0.15) is 46.9 Å². The summed E-state index contributed by atoms with van der Waals surface area (Å²) in [6, 6.07) is 12.1. The van der Waals surface area contributed by atoms with Gasteiger partial charge in [0.25, 0.3) is 24.0 Å². The van der Waals surface area contributed by atoms with E-state index in [1.54, 1.807) is 34.1 Å². The number of piperidine rings is 2. The molecule has 8 atom stereocenters. The number of likely N-dealkylation sites (tertiary alicyclic amines) is 2. The van der Waals surface area contributed by atoms with Crippen LogP contribution in [-0.4, -0.2) is 185 Å². The molecule has 0 radical (unpaired) electrons. The number of nitrogens with zero attached hydrogens (tertiary/aromatic N) is 11. The van der Waals surface area contributed by atoms with Gasteiger partial charge >= 0.3 is 12.2 Å². The zero-order valence-corrected chi connectivity index (χ0v) is 51.9. The number of hydrogen-bond acceptors (Lipinski definition) is 25. The molecule has 4 aromatic heterocycles. The van der Waals surface area contributed by atoms with E-state index < -0.39 is 78.0 Å². The Morgan fingerprint density at radius 1 is 0.626 bits per heavy atom. The SMILES string of the molecule is N.Nc1ccc(OC(=O)N2CCC(CC#Cc3nc(N)c4ncn([C@@H]5O[C@H](C(=O)NC6CC6)C(O)[C@@H]5O)c4n3)CC2)cc1.Nc1nc(C#CCC2CCN(C(=O)Oc3ccc([N+](=O)[O-])cc3)CC2)nc2c1ncn2[C@@H]1O[C@H](C(=O)NC2CC2)C(O)[C@@H]1O.O=CO.[Zn]. The number of imidazole rings is 2. The Kier molecular flexibility index (Phi) is 22.3. The molecule has 6 aromatic rings. The monoisotopic (exact) mass is 1310 g/mol. The fraction of sp³-hybridized carbons (Fsp3) is 0.456. The zero-order chi connectivity index (χ0) is 63.0. The number of nitro benzene ring substituents is 1. The van der Waals surface area contributed by atoms with Gasteiger partial charge in [-0.1, -0.05) is 11.8 Å². The zero-order valence-electron chi connectivity index (χ0n) is 49.0. The van der Waals surface area contributed by atoms with Crippen molar-refractivity contribution in [3.8, 4) is 35.2 Å². The van der Waals surface area contributed by atoms with E-state index in [1.165, 1.54) is 46.1 Å². The second kappa shape index (κ2) is 30.0. The molecule has 478 valence electrons. The maximum Gasteiger partial charge on any atom is 0.415 e. The van der Waals surface area contributed by atoms with Gasteiger partial charge in [-0.25, -0.2) is 39.5 Å². The van der Waals surface area contributed by atoms with E-state index in [0.717, 1.165) is 38.5 Å². The first-order chi connectivity index (χ1) is 42.8. The van der Waals surface area contributed by atoms with Crippen molar-refractivity contribution in [3.05, 3.63) is 82.9 Å². The maximum atomic E-state index is 12.5. The first-order valence-electron chi connectivity index (χ1n) is 28.6. The topological polar surface area (TPSA) is 497 Å². The number of non-ortho nitro benzene ring substituents is 1. The van der Waals surface area contributed by atoms with Crippen molar-refractivity contribution in [1.29, 1.82) is 0 Å². The van der Waals surface area contributed by atoms with Gasteiger partial charge in [0.2, 0.25) is 11.6 Å². The molecule has 91 heavy (non-hydrogen) atoms. The molecule has 2 aliphatic carbocycles. The molecule has 12 rings (SSSR count). The molecule has 2 aromatic carbocycles. The number of aromatic nitrogens is 8. The fourth-order valence-corrected chi connectivity index (χ4v) is 10.3. The van der Waals surface area contributed by atoms with E-state index in [4.69, 9.17) is 46.0 Å². The number of ether oxygens (including phenoxy) is 4. The van der Waals surface area contributed by atoms with Crippen LogP contribution in [0, 0.1) is 45.6 Å². The van der Waals surface area contributed by atoms with Gasteiger partial charge < -0.3 is 88.3 Å². The van der Waals surface area contributed by atoms with Crippen molar-refractivity contribution in [2.24, 2.45) is 11.8 Å². The number of amides is 4. The van der Waals surface area contributed by atoms with E-state index in [9.17, 15) is 49.7 Å². The van der Waals surface area contributed by atoms with E-state index in [2.05, 4.69) is 64.2 Å².